The number of halogens is 1. The lowest BCUT2D eigenvalue weighted by molar-refractivity contribution is -0.123. The van der Waals surface area contributed by atoms with Crippen molar-refractivity contribution >= 4 is 51.6 Å². The van der Waals surface area contributed by atoms with Crippen LogP contribution in [0.15, 0.2) is 46.0 Å². The Kier molecular flexibility index (Phi) is 9.62. The van der Waals surface area contributed by atoms with Crippen LogP contribution in [0, 0.1) is 0 Å². The molecule has 3 rings (SSSR count). The van der Waals surface area contributed by atoms with E-state index in [9.17, 15) is 4.79 Å². The molecule has 0 radical (unpaired) electrons. The van der Waals surface area contributed by atoms with Gasteiger partial charge in [0.25, 0.3) is 5.91 Å². The van der Waals surface area contributed by atoms with Gasteiger partial charge in [-0.25, -0.2) is 5.43 Å². The summed E-state index contributed by atoms with van der Waals surface area (Å²) in [4.78, 5) is 12.1. The fourth-order valence-electron chi connectivity index (χ4n) is 2.91. The lowest BCUT2D eigenvalue weighted by Crippen LogP contribution is -2.24. The summed E-state index contributed by atoms with van der Waals surface area (Å²) < 4.78 is 18.3. The van der Waals surface area contributed by atoms with E-state index in [2.05, 4.69) is 38.6 Å². The third kappa shape index (κ3) is 7.35. The maximum Gasteiger partial charge on any atom is 0.277 e. The van der Waals surface area contributed by atoms with Gasteiger partial charge in [0.1, 0.15) is 5.75 Å². The summed E-state index contributed by atoms with van der Waals surface area (Å²) in [5.74, 6) is 3.96. The van der Waals surface area contributed by atoms with Crippen molar-refractivity contribution in [3.05, 3.63) is 52.0 Å². The summed E-state index contributed by atoms with van der Waals surface area (Å²) >= 11 is 7.44. The topological polar surface area (TPSA) is 69.2 Å². The lowest BCUT2D eigenvalue weighted by atomic mass is 10.2. The largest absolute Gasteiger partial charge is 0.490 e. The minimum atomic E-state index is -0.337. The zero-order chi connectivity index (χ0) is 22.9. The van der Waals surface area contributed by atoms with E-state index < -0.39 is 0 Å². The van der Waals surface area contributed by atoms with Crippen LogP contribution in [0.3, 0.4) is 0 Å². The first kappa shape index (κ1) is 24.8. The number of hydrazone groups is 1. The van der Waals surface area contributed by atoms with Crippen molar-refractivity contribution < 1.29 is 19.0 Å². The van der Waals surface area contributed by atoms with Gasteiger partial charge in [0.05, 0.1) is 28.0 Å². The van der Waals surface area contributed by atoms with E-state index in [4.69, 9.17) is 14.2 Å². The molecule has 1 fully saturated rings. The third-order valence-corrected chi connectivity index (χ3v) is 7.93. The highest BCUT2D eigenvalue weighted by Gasteiger charge is 2.18. The van der Waals surface area contributed by atoms with Gasteiger partial charge in [-0.15, -0.1) is 23.5 Å². The molecule has 172 valence electrons. The molecule has 0 unspecified atom stereocenters. The second-order valence-electron chi connectivity index (χ2n) is 7.15. The summed E-state index contributed by atoms with van der Waals surface area (Å²) in [5.41, 5.74) is 4.53. The van der Waals surface area contributed by atoms with E-state index in [1.54, 1.807) is 6.21 Å². The summed E-state index contributed by atoms with van der Waals surface area (Å²) in [6.45, 7) is 6.22. The molecule has 1 heterocycles. The molecule has 1 N–H and O–H groups in total. The van der Waals surface area contributed by atoms with Gasteiger partial charge in [0.15, 0.2) is 18.1 Å². The number of nitrogens with one attached hydrogen (secondary N) is 1. The van der Waals surface area contributed by atoms with Crippen molar-refractivity contribution in [2.24, 2.45) is 5.10 Å². The van der Waals surface area contributed by atoms with Crippen LogP contribution in [0.4, 0.5) is 0 Å². The monoisotopic (exact) mass is 538 g/mol. The first-order chi connectivity index (χ1) is 15.5. The molecule has 32 heavy (non-hydrogen) atoms. The van der Waals surface area contributed by atoms with E-state index in [1.165, 1.54) is 17.1 Å². The number of ether oxygens (including phenoxy) is 3. The Morgan fingerprint density at radius 3 is 2.59 bits per heavy atom. The second-order valence-corrected chi connectivity index (χ2v) is 10.7. The smallest absolute Gasteiger partial charge is 0.277 e. The average molecular weight is 540 g/mol. The molecule has 2 aromatic rings. The van der Waals surface area contributed by atoms with Crippen molar-refractivity contribution in [1.29, 1.82) is 0 Å². The van der Waals surface area contributed by atoms with Crippen molar-refractivity contribution in [1.82, 2.24) is 5.43 Å². The Morgan fingerprint density at radius 1 is 1.22 bits per heavy atom. The Balaban J connectivity index is 1.52. The van der Waals surface area contributed by atoms with E-state index in [0.29, 0.717) is 28.4 Å². The number of carbonyl (C=O) groups is 1. The van der Waals surface area contributed by atoms with Gasteiger partial charge < -0.3 is 14.2 Å². The van der Waals surface area contributed by atoms with Crippen LogP contribution in [-0.4, -0.2) is 42.9 Å². The Hall–Kier alpha value is -1.84. The number of amides is 1. The SMILES string of the molecule is CCOc1cc(/C=N\NC(=O)COc2ccc(C3SCCS3)cc2)cc(Br)c1OC(C)C. The van der Waals surface area contributed by atoms with E-state index in [-0.39, 0.29) is 18.6 Å². The van der Waals surface area contributed by atoms with Crippen molar-refractivity contribution in [3.8, 4) is 17.2 Å². The highest BCUT2D eigenvalue weighted by molar-refractivity contribution is 9.10. The molecule has 0 aromatic heterocycles. The molecule has 2 aromatic carbocycles. The maximum atomic E-state index is 12.1. The van der Waals surface area contributed by atoms with Gasteiger partial charge in [0, 0.05) is 11.5 Å². The van der Waals surface area contributed by atoms with Crippen LogP contribution in [0.25, 0.3) is 0 Å². The van der Waals surface area contributed by atoms with Gasteiger partial charge in [-0.1, -0.05) is 12.1 Å². The average Bonchev–Trinajstić information content (AvgIpc) is 3.30. The van der Waals surface area contributed by atoms with Gasteiger partial charge in [-0.2, -0.15) is 5.10 Å². The van der Waals surface area contributed by atoms with Gasteiger partial charge in [-0.3, -0.25) is 4.79 Å². The molecule has 1 saturated heterocycles. The van der Waals surface area contributed by atoms with Gasteiger partial charge >= 0.3 is 0 Å². The molecule has 1 amide bonds. The van der Waals surface area contributed by atoms with Crippen LogP contribution in [-0.2, 0) is 4.79 Å². The molecule has 0 spiro atoms. The predicted octanol–water partition coefficient (Wildman–Crippen LogP) is 5.64. The number of thioether (sulfide) groups is 2. The third-order valence-electron chi connectivity index (χ3n) is 4.23. The van der Waals surface area contributed by atoms with Gasteiger partial charge in [-0.05, 0) is 72.1 Å². The molecule has 6 nitrogen and oxygen atoms in total. The molecule has 0 saturated carbocycles. The number of hydrogen-bond donors (Lipinski definition) is 1. The van der Waals surface area contributed by atoms with Crippen LogP contribution in [0.5, 0.6) is 17.2 Å². The summed E-state index contributed by atoms with van der Waals surface area (Å²) in [6, 6.07) is 11.6. The number of carbonyl (C=O) groups excluding carboxylic acids is 1. The number of nitrogens with zero attached hydrogens (tertiary/aromatic N) is 1. The lowest BCUT2D eigenvalue weighted by Gasteiger charge is -2.16. The first-order valence-electron chi connectivity index (χ1n) is 10.4. The summed E-state index contributed by atoms with van der Waals surface area (Å²) in [6.07, 6.45) is 1.57. The van der Waals surface area contributed by atoms with Crippen LogP contribution >= 0.6 is 39.5 Å². The van der Waals surface area contributed by atoms with Crippen molar-refractivity contribution in [2.45, 2.75) is 31.5 Å². The molecule has 0 atom stereocenters. The van der Waals surface area contributed by atoms with Crippen LogP contribution in [0.2, 0.25) is 0 Å². The van der Waals surface area contributed by atoms with Crippen LogP contribution < -0.4 is 19.6 Å². The maximum absolute atomic E-state index is 12.1. The van der Waals surface area contributed by atoms with Crippen molar-refractivity contribution in [3.63, 3.8) is 0 Å². The zero-order valence-corrected chi connectivity index (χ0v) is 21.5. The number of rotatable bonds is 10. The van der Waals surface area contributed by atoms with Crippen molar-refractivity contribution in [2.75, 3.05) is 24.7 Å². The fourth-order valence-corrected chi connectivity index (χ4v) is 6.32. The molecule has 0 bridgehead atoms. The quantitative estimate of drug-likeness (QED) is 0.311. The standard InChI is InChI=1S/C23H27BrN2O4S2/c1-4-28-20-12-16(11-19(24)22(20)30-15(2)3)13-25-26-21(27)14-29-18-7-5-17(6-8-18)23-31-9-10-32-23/h5-8,11-13,15,23H,4,9-10,14H2,1-3H3,(H,26,27)/b25-13-. The first-order valence-corrected chi connectivity index (χ1v) is 13.3. The Morgan fingerprint density at radius 2 is 1.94 bits per heavy atom. The molecule has 0 aliphatic carbocycles. The zero-order valence-electron chi connectivity index (χ0n) is 18.3. The summed E-state index contributed by atoms with van der Waals surface area (Å²) in [7, 11) is 0. The number of hydrogen-bond acceptors (Lipinski definition) is 7. The molecular weight excluding hydrogens is 512 g/mol. The fraction of sp³-hybridized carbons (Fsp3) is 0.391. The molecular formula is C23H27BrN2O4S2. The Bertz CT molecular complexity index is 932. The second kappa shape index (κ2) is 12.4. The minimum Gasteiger partial charge on any atom is -0.490 e. The number of benzene rings is 2. The summed E-state index contributed by atoms with van der Waals surface area (Å²) in [5, 5.41) is 4.03. The molecule has 9 heteroatoms. The van der Waals surface area contributed by atoms with Crippen LogP contribution in [0.1, 0.15) is 36.5 Å². The van der Waals surface area contributed by atoms with E-state index in [1.807, 2.05) is 68.6 Å². The van der Waals surface area contributed by atoms with E-state index in [0.717, 1.165) is 10.0 Å². The highest BCUT2D eigenvalue weighted by Crippen LogP contribution is 2.45. The highest BCUT2D eigenvalue weighted by atomic mass is 79.9. The predicted molar refractivity (Wildman–Crippen MR) is 136 cm³/mol. The van der Waals surface area contributed by atoms with E-state index >= 15 is 0 Å². The normalized spacial score (nSPS) is 14.2. The molecule has 1 aliphatic heterocycles. The Labute approximate surface area is 206 Å². The molecule has 1 aliphatic rings. The van der Waals surface area contributed by atoms with Gasteiger partial charge in [0.2, 0.25) is 0 Å². The minimum absolute atomic E-state index is 0.0148.